The summed E-state index contributed by atoms with van der Waals surface area (Å²) in [5.74, 6) is 0. The number of aromatic nitrogens is 4. The van der Waals surface area contributed by atoms with Gasteiger partial charge in [-0.1, -0.05) is 116 Å². The van der Waals surface area contributed by atoms with Gasteiger partial charge in [0.05, 0.1) is 12.0 Å². The van der Waals surface area contributed by atoms with Crippen molar-refractivity contribution in [3.8, 4) is 0 Å². The largest absolute Gasteiger partial charge is 0.358 e. The number of nitrogens with one attached hydrogen (secondary N) is 1. The SMILES string of the molecule is CC(C)(C)c1ccc(C(C)(C)C)nc1.CC(C)(C)c1ccc2[nH]c(C(C)(C)C)cc2c1.CC(C)(C)c1cn(C(C)(C)C)cn1. The molecule has 0 aliphatic heterocycles. The summed E-state index contributed by atoms with van der Waals surface area (Å²) in [4.78, 5) is 12.4. The van der Waals surface area contributed by atoms with Crippen molar-refractivity contribution in [3.63, 3.8) is 0 Å². The molecule has 0 bridgehead atoms. The molecule has 3 aromatic heterocycles. The Bertz CT molecular complexity index is 1400. The Morgan fingerprint density at radius 3 is 1.41 bits per heavy atom. The molecule has 4 rings (SSSR count). The molecule has 0 unspecified atom stereocenters. The summed E-state index contributed by atoms with van der Waals surface area (Å²) < 4.78 is 2.16. The number of pyridine rings is 1. The van der Waals surface area contributed by atoms with Crippen molar-refractivity contribution < 1.29 is 0 Å². The molecular weight excluding hydrogens is 536 g/mol. The van der Waals surface area contributed by atoms with Gasteiger partial charge in [0.2, 0.25) is 0 Å². The van der Waals surface area contributed by atoms with Crippen LogP contribution in [-0.2, 0) is 32.6 Å². The van der Waals surface area contributed by atoms with Gasteiger partial charge in [-0.15, -0.1) is 0 Å². The first-order chi connectivity index (χ1) is 19.6. The van der Waals surface area contributed by atoms with E-state index in [2.05, 4.69) is 187 Å². The van der Waals surface area contributed by atoms with E-state index in [1.807, 2.05) is 12.5 Å². The van der Waals surface area contributed by atoms with Crippen LogP contribution < -0.4 is 0 Å². The average molecular weight is 601 g/mol. The molecule has 0 amide bonds. The topological polar surface area (TPSA) is 46.5 Å². The predicted molar refractivity (Wildman–Crippen MR) is 193 cm³/mol. The highest BCUT2D eigenvalue weighted by Gasteiger charge is 2.21. The van der Waals surface area contributed by atoms with Gasteiger partial charge in [-0.2, -0.15) is 0 Å². The van der Waals surface area contributed by atoms with Crippen LogP contribution in [0.3, 0.4) is 0 Å². The predicted octanol–water partition coefficient (Wildman–Crippen LogP) is 11.4. The van der Waals surface area contributed by atoms with Crippen LogP contribution in [0.5, 0.6) is 0 Å². The first kappa shape index (κ1) is 37.3. The molecule has 0 saturated heterocycles. The lowest BCUT2D eigenvalue weighted by Gasteiger charge is -2.22. The number of H-pyrrole nitrogens is 1. The van der Waals surface area contributed by atoms with E-state index in [0.717, 1.165) is 11.4 Å². The zero-order valence-electron chi connectivity index (χ0n) is 31.5. The monoisotopic (exact) mass is 601 g/mol. The summed E-state index contributed by atoms with van der Waals surface area (Å²) in [5.41, 5.74) is 8.57. The third-order valence-corrected chi connectivity index (χ3v) is 7.82. The first-order valence-corrected chi connectivity index (χ1v) is 16.3. The zero-order valence-corrected chi connectivity index (χ0v) is 31.5. The molecule has 4 heteroatoms. The minimum absolute atomic E-state index is 0.135. The zero-order chi connectivity index (χ0) is 34.1. The summed E-state index contributed by atoms with van der Waals surface area (Å²) in [6.07, 6.45) is 6.06. The lowest BCUT2D eigenvalue weighted by molar-refractivity contribution is 0.395. The lowest BCUT2D eigenvalue weighted by Crippen LogP contribution is -2.20. The summed E-state index contributed by atoms with van der Waals surface area (Å²) >= 11 is 0. The fraction of sp³-hybridized carbons (Fsp3) is 0.600. The van der Waals surface area contributed by atoms with E-state index in [1.165, 1.54) is 27.7 Å². The molecule has 244 valence electrons. The van der Waals surface area contributed by atoms with Crippen LogP contribution in [0.25, 0.3) is 10.9 Å². The highest BCUT2D eigenvalue weighted by molar-refractivity contribution is 5.81. The number of imidazole rings is 1. The smallest absolute Gasteiger partial charge is 0.0954 e. The fourth-order valence-electron chi connectivity index (χ4n) is 4.36. The molecule has 0 fully saturated rings. The van der Waals surface area contributed by atoms with Crippen LogP contribution in [0.1, 0.15) is 153 Å². The Kier molecular flexibility index (Phi) is 10.9. The van der Waals surface area contributed by atoms with Crippen molar-refractivity contribution in [1.29, 1.82) is 0 Å². The first-order valence-electron chi connectivity index (χ1n) is 16.3. The second-order valence-electron chi connectivity index (χ2n) is 18.5. The van der Waals surface area contributed by atoms with E-state index < -0.39 is 0 Å². The third kappa shape index (κ3) is 10.6. The van der Waals surface area contributed by atoms with Crippen LogP contribution in [0.4, 0.5) is 0 Å². The molecule has 4 aromatic rings. The van der Waals surface area contributed by atoms with Crippen LogP contribution in [-0.4, -0.2) is 19.5 Å². The van der Waals surface area contributed by atoms with Crippen molar-refractivity contribution in [1.82, 2.24) is 19.5 Å². The van der Waals surface area contributed by atoms with Crippen LogP contribution >= 0.6 is 0 Å². The molecule has 4 nitrogen and oxygen atoms in total. The quantitative estimate of drug-likeness (QED) is 0.218. The van der Waals surface area contributed by atoms with Crippen molar-refractivity contribution >= 4 is 10.9 Å². The fourth-order valence-corrected chi connectivity index (χ4v) is 4.36. The number of hydrogen-bond acceptors (Lipinski definition) is 2. The number of benzene rings is 1. The highest BCUT2D eigenvalue weighted by Crippen LogP contribution is 2.30. The normalized spacial score (nSPS) is 13.2. The number of nitrogens with zero attached hydrogens (tertiary/aromatic N) is 3. The van der Waals surface area contributed by atoms with Crippen molar-refractivity contribution in [3.05, 3.63) is 83.3 Å². The maximum atomic E-state index is 4.52. The van der Waals surface area contributed by atoms with Gasteiger partial charge in [0, 0.05) is 51.1 Å². The molecule has 1 aromatic carbocycles. The van der Waals surface area contributed by atoms with Crippen molar-refractivity contribution in [2.75, 3.05) is 0 Å². The average Bonchev–Trinajstić information content (AvgIpc) is 3.51. The molecule has 0 aliphatic rings. The molecule has 0 aliphatic carbocycles. The van der Waals surface area contributed by atoms with E-state index in [1.54, 1.807) is 0 Å². The van der Waals surface area contributed by atoms with Gasteiger partial charge in [0.25, 0.3) is 0 Å². The second kappa shape index (κ2) is 12.9. The Balaban J connectivity index is 0.000000233. The van der Waals surface area contributed by atoms with Gasteiger partial charge in [-0.3, -0.25) is 4.98 Å². The third-order valence-electron chi connectivity index (χ3n) is 7.82. The van der Waals surface area contributed by atoms with E-state index >= 15 is 0 Å². The van der Waals surface area contributed by atoms with Gasteiger partial charge in [-0.05, 0) is 72.4 Å². The van der Waals surface area contributed by atoms with Crippen LogP contribution in [0, 0.1) is 0 Å². The summed E-state index contributed by atoms with van der Waals surface area (Å²) in [7, 11) is 0. The molecule has 0 atom stereocenters. The van der Waals surface area contributed by atoms with E-state index in [-0.39, 0.29) is 32.6 Å². The number of rotatable bonds is 0. The summed E-state index contributed by atoms with van der Waals surface area (Å²) in [5, 5.41) is 1.32. The minimum Gasteiger partial charge on any atom is -0.358 e. The number of hydrogen-bond donors (Lipinski definition) is 1. The molecule has 0 spiro atoms. The Morgan fingerprint density at radius 1 is 0.523 bits per heavy atom. The Morgan fingerprint density at radius 2 is 1.05 bits per heavy atom. The Labute approximate surface area is 270 Å². The van der Waals surface area contributed by atoms with Crippen molar-refractivity contribution in [2.45, 2.75) is 157 Å². The maximum absolute atomic E-state index is 4.52. The van der Waals surface area contributed by atoms with Gasteiger partial charge in [-0.25, -0.2) is 4.98 Å². The van der Waals surface area contributed by atoms with Crippen LogP contribution in [0.2, 0.25) is 0 Å². The molecule has 0 radical (unpaired) electrons. The van der Waals surface area contributed by atoms with Gasteiger partial charge in [0.15, 0.2) is 0 Å². The van der Waals surface area contributed by atoms with Gasteiger partial charge < -0.3 is 9.55 Å². The van der Waals surface area contributed by atoms with E-state index in [9.17, 15) is 0 Å². The number of aromatic amines is 1. The van der Waals surface area contributed by atoms with E-state index in [4.69, 9.17) is 0 Å². The Hall–Kier alpha value is -2.88. The van der Waals surface area contributed by atoms with Crippen molar-refractivity contribution in [2.24, 2.45) is 0 Å². The molecule has 0 saturated carbocycles. The van der Waals surface area contributed by atoms with Gasteiger partial charge >= 0.3 is 0 Å². The molecule has 1 N–H and O–H groups in total. The minimum atomic E-state index is 0.135. The molecule has 3 heterocycles. The second-order valence-corrected chi connectivity index (χ2v) is 18.5. The summed E-state index contributed by atoms with van der Waals surface area (Å²) in [6.45, 7) is 39.8. The number of fused-ring (bicyclic) bond motifs is 1. The highest BCUT2D eigenvalue weighted by atomic mass is 15.1. The van der Waals surface area contributed by atoms with Gasteiger partial charge in [0.1, 0.15) is 0 Å². The summed E-state index contributed by atoms with van der Waals surface area (Å²) in [6, 6.07) is 13.3. The lowest BCUT2D eigenvalue weighted by atomic mass is 9.86. The molecule has 44 heavy (non-hydrogen) atoms. The van der Waals surface area contributed by atoms with E-state index in [0.29, 0.717) is 0 Å². The molecular formula is C40H64N4. The maximum Gasteiger partial charge on any atom is 0.0954 e. The van der Waals surface area contributed by atoms with Crippen LogP contribution in [0.15, 0.2) is 55.1 Å². The standard InChI is InChI=1S/C16H23N.C13H21N.C11H20N2/c1-15(2,3)12-7-8-13-11(9-12)10-14(17-13)16(4,5)6;1-12(2,3)10-7-8-11(14-9-10)13(4,5)6;1-10(2,3)9-7-13(8-12-9)11(4,5)6/h7-10,17H,1-6H3;7-9H,1-6H3;7-8H,1-6H3.